The number of hydrogen-bond donors (Lipinski definition) is 3. The summed E-state index contributed by atoms with van der Waals surface area (Å²) >= 11 is 5.92. The van der Waals surface area contributed by atoms with Crippen LogP contribution in [0.5, 0.6) is 5.75 Å². The third kappa shape index (κ3) is 3.04. The van der Waals surface area contributed by atoms with Crippen molar-refractivity contribution in [1.29, 1.82) is 0 Å². The Morgan fingerprint density at radius 1 is 1.45 bits per heavy atom. The summed E-state index contributed by atoms with van der Waals surface area (Å²) in [6.45, 7) is 1.42. The molecule has 0 radical (unpaired) electrons. The number of hydrogen-bond acceptors (Lipinski definition) is 6. The average molecular weight is 293 g/mol. The Bertz CT molecular complexity index is 646. The lowest BCUT2D eigenvalue weighted by Gasteiger charge is -2.07. The van der Waals surface area contributed by atoms with Crippen LogP contribution in [0.2, 0.25) is 5.02 Å². The highest BCUT2D eigenvalue weighted by Crippen LogP contribution is 2.22. The summed E-state index contributed by atoms with van der Waals surface area (Å²) in [6.07, 6.45) is 4.46. The van der Waals surface area contributed by atoms with Gasteiger partial charge >= 0.3 is 0 Å². The van der Waals surface area contributed by atoms with E-state index in [1.807, 2.05) is 0 Å². The van der Waals surface area contributed by atoms with E-state index in [2.05, 4.69) is 20.5 Å². The van der Waals surface area contributed by atoms with Gasteiger partial charge in [0.25, 0.3) is 0 Å². The molecule has 0 saturated heterocycles. The van der Waals surface area contributed by atoms with Crippen LogP contribution in [0.1, 0.15) is 16.8 Å². The minimum Gasteiger partial charge on any atom is -0.505 e. The predicted octanol–water partition coefficient (Wildman–Crippen LogP) is 2.08. The van der Waals surface area contributed by atoms with Crippen molar-refractivity contribution in [2.75, 3.05) is 5.43 Å². The van der Waals surface area contributed by atoms with Gasteiger partial charge < -0.3 is 10.2 Å². The number of aromatic nitrogens is 2. The van der Waals surface area contributed by atoms with Gasteiger partial charge in [0.1, 0.15) is 5.75 Å². The number of hydrazone groups is 1. The number of aryl methyl sites for hydroxylation is 1. The fourth-order valence-corrected chi connectivity index (χ4v) is 1.71. The number of anilines is 1. The van der Waals surface area contributed by atoms with Gasteiger partial charge in [-0.15, -0.1) is 0 Å². The fourth-order valence-electron chi connectivity index (χ4n) is 1.55. The summed E-state index contributed by atoms with van der Waals surface area (Å²) in [7, 11) is 0. The molecule has 0 bridgehead atoms. The minimum atomic E-state index is -0.244. The Balaban J connectivity index is 2.24. The lowest BCUT2D eigenvalue weighted by Crippen LogP contribution is -2.00. The molecule has 0 fully saturated rings. The Morgan fingerprint density at radius 3 is 2.95 bits per heavy atom. The van der Waals surface area contributed by atoms with Crippen molar-refractivity contribution in [2.24, 2.45) is 5.10 Å². The quantitative estimate of drug-likeness (QED) is 0.593. The van der Waals surface area contributed by atoms with Gasteiger partial charge in [-0.1, -0.05) is 11.6 Å². The second-order valence-electron chi connectivity index (χ2n) is 3.99. The molecule has 0 aliphatic carbocycles. The van der Waals surface area contributed by atoms with Crippen LogP contribution in [0.15, 0.2) is 29.6 Å². The highest BCUT2D eigenvalue weighted by molar-refractivity contribution is 6.32. The maximum atomic E-state index is 9.93. The molecule has 2 rings (SSSR count). The van der Waals surface area contributed by atoms with Gasteiger partial charge in [-0.05, 0) is 19.1 Å². The van der Waals surface area contributed by atoms with Crippen molar-refractivity contribution in [3.05, 3.63) is 46.4 Å². The number of pyridine rings is 2. The maximum absolute atomic E-state index is 9.93. The summed E-state index contributed by atoms with van der Waals surface area (Å²) in [5, 5.41) is 23.5. The lowest BCUT2D eigenvalue weighted by molar-refractivity contribution is 0.280. The number of halogens is 1. The van der Waals surface area contributed by atoms with Gasteiger partial charge in [0.2, 0.25) is 0 Å². The molecule has 2 heterocycles. The second-order valence-corrected chi connectivity index (χ2v) is 4.40. The van der Waals surface area contributed by atoms with Crippen molar-refractivity contribution in [2.45, 2.75) is 13.5 Å². The molecule has 0 atom stereocenters. The normalized spacial score (nSPS) is 10.9. The number of aliphatic hydroxyl groups excluding tert-OH is 1. The van der Waals surface area contributed by atoms with Crippen LogP contribution in [0.4, 0.5) is 5.82 Å². The van der Waals surface area contributed by atoms with Crippen molar-refractivity contribution in [3.63, 3.8) is 0 Å². The van der Waals surface area contributed by atoms with E-state index < -0.39 is 0 Å². The van der Waals surface area contributed by atoms with Crippen LogP contribution in [0.3, 0.4) is 0 Å². The van der Waals surface area contributed by atoms with E-state index in [4.69, 9.17) is 11.6 Å². The van der Waals surface area contributed by atoms with E-state index in [1.165, 1.54) is 12.4 Å². The van der Waals surface area contributed by atoms with E-state index in [-0.39, 0.29) is 12.4 Å². The number of nitrogens with zero attached hydrogens (tertiary/aromatic N) is 3. The lowest BCUT2D eigenvalue weighted by atomic mass is 10.1. The molecule has 2 aromatic heterocycles. The van der Waals surface area contributed by atoms with Crippen molar-refractivity contribution >= 4 is 23.6 Å². The van der Waals surface area contributed by atoms with E-state index in [9.17, 15) is 10.2 Å². The van der Waals surface area contributed by atoms with Crippen LogP contribution in [0.25, 0.3) is 0 Å². The highest BCUT2D eigenvalue weighted by Gasteiger charge is 2.09. The van der Waals surface area contributed by atoms with Gasteiger partial charge in [0.05, 0.1) is 23.5 Å². The van der Waals surface area contributed by atoms with Crippen LogP contribution >= 0.6 is 11.6 Å². The largest absolute Gasteiger partial charge is 0.505 e. The first-order valence-electron chi connectivity index (χ1n) is 5.81. The Morgan fingerprint density at radius 2 is 2.25 bits per heavy atom. The average Bonchev–Trinajstić information content (AvgIpc) is 2.45. The standard InChI is InChI=1S/C13H13ClN4O2/c1-8-12(20)10(9(7-19)5-16-8)6-17-18-13-11(14)3-2-4-15-13/h2-6,19-20H,7H2,1H3,(H,15,18)/b17-6+. The van der Waals surface area contributed by atoms with Crippen LogP contribution in [-0.4, -0.2) is 26.4 Å². The molecule has 104 valence electrons. The van der Waals surface area contributed by atoms with Gasteiger partial charge in [-0.2, -0.15) is 5.10 Å². The summed E-state index contributed by atoms with van der Waals surface area (Å²) in [5.74, 6) is 0.385. The third-order valence-corrected chi connectivity index (χ3v) is 2.96. The maximum Gasteiger partial charge on any atom is 0.165 e. The fraction of sp³-hybridized carbons (Fsp3) is 0.154. The van der Waals surface area contributed by atoms with E-state index in [0.29, 0.717) is 27.7 Å². The molecule has 20 heavy (non-hydrogen) atoms. The van der Waals surface area contributed by atoms with Crippen molar-refractivity contribution in [3.8, 4) is 5.75 Å². The zero-order valence-corrected chi connectivity index (χ0v) is 11.5. The number of rotatable bonds is 4. The Labute approximate surface area is 120 Å². The SMILES string of the molecule is Cc1ncc(CO)c(/C=N/Nc2ncccc2Cl)c1O. The van der Waals surface area contributed by atoms with Crippen LogP contribution in [0, 0.1) is 6.92 Å². The third-order valence-electron chi connectivity index (χ3n) is 2.65. The van der Waals surface area contributed by atoms with Crippen molar-refractivity contribution < 1.29 is 10.2 Å². The number of aromatic hydroxyl groups is 1. The zero-order chi connectivity index (χ0) is 14.5. The first-order valence-corrected chi connectivity index (χ1v) is 6.19. The molecule has 0 aromatic carbocycles. The predicted molar refractivity (Wildman–Crippen MR) is 77.0 cm³/mol. The molecular formula is C13H13ClN4O2. The first-order chi connectivity index (χ1) is 9.63. The van der Waals surface area contributed by atoms with E-state index >= 15 is 0 Å². The number of aliphatic hydroxyl groups is 1. The Hall–Kier alpha value is -2.18. The molecule has 3 N–H and O–H groups in total. The molecule has 0 saturated carbocycles. The molecule has 0 amide bonds. The second kappa shape index (κ2) is 6.31. The Kier molecular flexibility index (Phi) is 4.49. The summed E-state index contributed by atoms with van der Waals surface area (Å²) in [4.78, 5) is 7.98. The smallest absolute Gasteiger partial charge is 0.165 e. The van der Waals surface area contributed by atoms with Crippen LogP contribution < -0.4 is 5.43 Å². The molecule has 0 spiro atoms. The van der Waals surface area contributed by atoms with E-state index in [0.717, 1.165) is 0 Å². The first kappa shape index (κ1) is 14.2. The van der Waals surface area contributed by atoms with Crippen LogP contribution in [-0.2, 0) is 6.61 Å². The molecule has 0 aliphatic rings. The van der Waals surface area contributed by atoms with Crippen molar-refractivity contribution in [1.82, 2.24) is 9.97 Å². The number of nitrogens with one attached hydrogen (secondary N) is 1. The molecule has 0 aliphatic heterocycles. The van der Waals surface area contributed by atoms with Gasteiger partial charge in [-0.3, -0.25) is 10.4 Å². The summed E-state index contributed by atoms with van der Waals surface area (Å²) < 4.78 is 0. The topological polar surface area (TPSA) is 90.6 Å². The summed E-state index contributed by atoms with van der Waals surface area (Å²) in [5.41, 5.74) is 4.01. The van der Waals surface area contributed by atoms with Gasteiger partial charge in [0.15, 0.2) is 5.82 Å². The minimum absolute atomic E-state index is 0.0192. The molecule has 7 heteroatoms. The monoisotopic (exact) mass is 292 g/mol. The molecule has 2 aromatic rings. The van der Waals surface area contributed by atoms with Gasteiger partial charge in [0, 0.05) is 23.5 Å². The zero-order valence-electron chi connectivity index (χ0n) is 10.7. The summed E-state index contributed by atoms with van der Waals surface area (Å²) in [6, 6.07) is 3.39. The molecule has 0 unspecified atom stereocenters. The molecular weight excluding hydrogens is 280 g/mol. The highest BCUT2D eigenvalue weighted by atomic mass is 35.5. The van der Waals surface area contributed by atoms with Gasteiger partial charge in [-0.25, -0.2) is 4.98 Å². The van der Waals surface area contributed by atoms with E-state index in [1.54, 1.807) is 25.3 Å². The molecule has 6 nitrogen and oxygen atoms in total.